The predicted octanol–water partition coefficient (Wildman–Crippen LogP) is 2.50. The number of amides is 1. The van der Waals surface area contributed by atoms with Gasteiger partial charge in [0.05, 0.1) is 11.7 Å². The van der Waals surface area contributed by atoms with E-state index in [-0.39, 0.29) is 5.78 Å². The number of rotatable bonds is 4. The normalized spacial score (nSPS) is 12.9. The maximum atomic E-state index is 12.0. The Labute approximate surface area is 107 Å². The quantitative estimate of drug-likeness (QED) is 0.809. The summed E-state index contributed by atoms with van der Waals surface area (Å²) in [6, 6.07) is 2.85. The van der Waals surface area contributed by atoms with E-state index in [2.05, 4.69) is 10.3 Å². The fraction of sp³-hybridized carbons (Fsp3) is 0.538. The average molecular weight is 252 g/mol. The molecule has 0 aliphatic carbocycles. The summed E-state index contributed by atoms with van der Waals surface area (Å²) in [5.41, 5.74) is -0.0874. The number of H-pyrrole nitrogens is 1. The Kier molecular flexibility index (Phi) is 4.53. The molecule has 5 heteroatoms. The van der Waals surface area contributed by atoms with Crippen molar-refractivity contribution < 1.29 is 14.3 Å². The first-order chi connectivity index (χ1) is 8.33. The summed E-state index contributed by atoms with van der Waals surface area (Å²) < 4.78 is 5.13. The molecule has 1 aromatic rings. The lowest BCUT2D eigenvalue weighted by Gasteiger charge is -2.22. The average Bonchev–Trinajstić information content (AvgIpc) is 2.75. The van der Waals surface area contributed by atoms with Gasteiger partial charge in [-0.25, -0.2) is 4.79 Å². The lowest BCUT2D eigenvalue weighted by Crippen LogP contribution is -2.43. The van der Waals surface area contributed by atoms with E-state index >= 15 is 0 Å². The molecule has 0 saturated carbocycles. The van der Waals surface area contributed by atoms with Crippen molar-refractivity contribution in [3.05, 3.63) is 24.0 Å². The summed E-state index contributed by atoms with van der Waals surface area (Å²) in [6.45, 7) is 7.17. The van der Waals surface area contributed by atoms with E-state index in [1.54, 1.807) is 39.1 Å². The van der Waals surface area contributed by atoms with Crippen LogP contribution in [0.15, 0.2) is 18.3 Å². The van der Waals surface area contributed by atoms with Crippen molar-refractivity contribution in [3.63, 3.8) is 0 Å². The number of ketones is 1. The highest BCUT2D eigenvalue weighted by atomic mass is 16.6. The number of aromatic nitrogens is 1. The molecule has 1 aromatic heterocycles. The lowest BCUT2D eigenvalue weighted by molar-refractivity contribution is 0.0490. The van der Waals surface area contributed by atoms with E-state index in [1.165, 1.54) is 0 Å². The van der Waals surface area contributed by atoms with Crippen LogP contribution >= 0.6 is 0 Å². The number of ether oxygens (including phenoxy) is 1. The highest BCUT2D eigenvalue weighted by Crippen LogP contribution is 2.09. The zero-order chi connectivity index (χ0) is 13.8. The van der Waals surface area contributed by atoms with Gasteiger partial charge in [0.2, 0.25) is 5.78 Å². The van der Waals surface area contributed by atoms with Gasteiger partial charge in [-0.3, -0.25) is 4.79 Å². The molecule has 1 heterocycles. The van der Waals surface area contributed by atoms with Crippen molar-refractivity contribution in [2.45, 2.75) is 45.8 Å². The predicted molar refractivity (Wildman–Crippen MR) is 68.6 cm³/mol. The summed E-state index contributed by atoms with van der Waals surface area (Å²) >= 11 is 0. The van der Waals surface area contributed by atoms with Crippen LogP contribution in [0.1, 0.15) is 44.6 Å². The van der Waals surface area contributed by atoms with Crippen LogP contribution in [0.4, 0.5) is 4.79 Å². The van der Waals surface area contributed by atoms with Gasteiger partial charge in [0.1, 0.15) is 5.60 Å². The number of carbonyl (C=O) groups excluding carboxylic acids is 2. The van der Waals surface area contributed by atoms with Crippen LogP contribution in [-0.4, -0.2) is 28.5 Å². The van der Waals surface area contributed by atoms with Gasteiger partial charge >= 0.3 is 6.09 Å². The van der Waals surface area contributed by atoms with Crippen molar-refractivity contribution in [1.82, 2.24) is 10.3 Å². The number of aromatic amines is 1. The number of alkyl carbamates (subject to hydrolysis) is 1. The van der Waals surface area contributed by atoms with Crippen LogP contribution in [0, 0.1) is 0 Å². The zero-order valence-electron chi connectivity index (χ0n) is 11.2. The molecule has 0 saturated heterocycles. The maximum absolute atomic E-state index is 12.0. The standard InChI is InChI=1S/C13H20N2O3/c1-5-9(11(16)10-7-6-8-14-10)15-12(17)18-13(2,3)4/h6-9,14H,5H2,1-4H3,(H,15,17). The molecule has 100 valence electrons. The summed E-state index contributed by atoms with van der Waals surface area (Å²) in [6.07, 6.45) is 1.61. The first kappa shape index (κ1) is 14.3. The Morgan fingerprint density at radius 2 is 2.11 bits per heavy atom. The number of carbonyl (C=O) groups is 2. The van der Waals surface area contributed by atoms with Gasteiger partial charge in [0.15, 0.2) is 0 Å². The molecule has 18 heavy (non-hydrogen) atoms. The minimum absolute atomic E-state index is 0.145. The Morgan fingerprint density at radius 3 is 2.56 bits per heavy atom. The molecule has 0 aliphatic heterocycles. The molecule has 5 nitrogen and oxygen atoms in total. The van der Waals surface area contributed by atoms with Gasteiger partial charge in [-0.05, 0) is 39.3 Å². The van der Waals surface area contributed by atoms with Gasteiger partial charge in [0, 0.05) is 6.20 Å². The second-order valence-electron chi connectivity index (χ2n) is 5.06. The number of hydrogen-bond acceptors (Lipinski definition) is 3. The third-order valence-corrected chi connectivity index (χ3v) is 2.28. The Bertz CT molecular complexity index is 404. The van der Waals surface area contributed by atoms with Crippen molar-refractivity contribution in [2.75, 3.05) is 0 Å². The SMILES string of the molecule is CCC(NC(=O)OC(C)(C)C)C(=O)c1ccc[nH]1. The topological polar surface area (TPSA) is 71.2 Å². The number of Topliss-reactive ketones (excluding diaryl/α,β-unsaturated/α-hetero) is 1. The molecule has 0 bridgehead atoms. The van der Waals surface area contributed by atoms with Crippen LogP contribution in [0.3, 0.4) is 0 Å². The summed E-state index contributed by atoms with van der Waals surface area (Å²) in [7, 11) is 0. The zero-order valence-corrected chi connectivity index (χ0v) is 11.2. The van der Waals surface area contributed by atoms with Crippen molar-refractivity contribution in [3.8, 4) is 0 Å². The van der Waals surface area contributed by atoms with E-state index in [9.17, 15) is 9.59 Å². The van der Waals surface area contributed by atoms with Crippen molar-refractivity contribution in [2.24, 2.45) is 0 Å². The maximum Gasteiger partial charge on any atom is 0.408 e. The highest BCUT2D eigenvalue weighted by Gasteiger charge is 2.24. The summed E-state index contributed by atoms with van der Waals surface area (Å²) in [5.74, 6) is -0.145. The molecule has 1 rings (SSSR count). The summed E-state index contributed by atoms with van der Waals surface area (Å²) in [4.78, 5) is 26.5. The first-order valence-corrected chi connectivity index (χ1v) is 6.00. The van der Waals surface area contributed by atoms with E-state index in [4.69, 9.17) is 4.74 Å². The van der Waals surface area contributed by atoms with E-state index in [1.807, 2.05) is 6.92 Å². The van der Waals surface area contributed by atoms with Gasteiger partial charge in [0.25, 0.3) is 0 Å². The van der Waals surface area contributed by atoms with Crippen LogP contribution in [0.2, 0.25) is 0 Å². The first-order valence-electron chi connectivity index (χ1n) is 6.00. The molecule has 2 N–H and O–H groups in total. The molecule has 1 unspecified atom stereocenters. The third-order valence-electron chi connectivity index (χ3n) is 2.28. The lowest BCUT2D eigenvalue weighted by atomic mass is 10.1. The molecule has 0 aromatic carbocycles. The fourth-order valence-electron chi connectivity index (χ4n) is 1.47. The largest absolute Gasteiger partial charge is 0.444 e. The van der Waals surface area contributed by atoms with Crippen molar-refractivity contribution in [1.29, 1.82) is 0 Å². The van der Waals surface area contributed by atoms with E-state index in [0.29, 0.717) is 12.1 Å². The number of nitrogens with one attached hydrogen (secondary N) is 2. The monoisotopic (exact) mass is 252 g/mol. The van der Waals surface area contributed by atoms with E-state index in [0.717, 1.165) is 0 Å². The molecular formula is C13H20N2O3. The second kappa shape index (κ2) is 5.71. The van der Waals surface area contributed by atoms with Crippen LogP contribution < -0.4 is 5.32 Å². The van der Waals surface area contributed by atoms with Gasteiger partial charge in [-0.15, -0.1) is 0 Å². The highest BCUT2D eigenvalue weighted by molar-refractivity contribution is 6.00. The molecular weight excluding hydrogens is 232 g/mol. The van der Waals surface area contributed by atoms with Crippen LogP contribution in [0.5, 0.6) is 0 Å². The van der Waals surface area contributed by atoms with Crippen LogP contribution in [0.25, 0.3) is 0 Å². The van der Waals surface area contributed by atoms with Crippen molar-refractivity contribution >= 4 is 11.9 Å². The molecule has 0 fully saturated rings. The Hall–Kier alpha value is -1.78. The molecule has 0 spiro atoms. The van der Waals surface area contributed by atoms with Gasteiger partial charge in [-0.2, -0.15) is 0 Å². The Balaban J connectivity index is 2.63. The molecule has 0 radical (unpaired) electrons. The summed E-state index contributed by atoms with van der Waals surface area (Å²) in [5, 5.41) is 2.58. The van der Waals surface area contributed by atoms with E-state index < -0.39 is 17.7 Å². The fourth-order valence-corrected chi connectivity index (χ4v) is 1.47. The minimum Gasteiger partial charge on any atom is -0.444 e. The smallest absolute Gasteiger partial charge is 0.408 e. The third kappa shape index (κ3) is 4.24. The number of hydrogen-bond donors (Lipinski definition) is 2. The van der Waals surface area contributed by atoms with Gasteiger partial charge in [-0.1, -0.05) is 6.92 Å². The Morgan fingerprint density at radius 1 is 1.44 bits per heavy atom. The molecule has 1 amide bonds. The second-order valence-corrected chi connectivity index (χ2v) is 5.06. The molecule has 0 aliphatic rings. The molecule has 1 atom stereocenters. The van der Waals surface area contributed by atoms with Gasteiger partial charge < -0.3 is 15.0 Å². The van der Waals surface area contributed by atoms with Crippen LogP contribution in [-0.2, 0) is 4.74 Å². The minimum atomic E-state index is -0.575.